The number of carbonyl (C=O) groups is 2. The highest BCUT2D eigenvalue weighted by Gasteiger charge is 2.33. The third-order valence-electron chi connectivity index (χ3n) is 3.69. The van der Waals surface area contributed by atoms with E-state index in [1.807, 2.05) is 6.92 Å². The van der Waals surface area contributed by atoms with Crippen LogP contribution >= 0.6 is 39.9 Å². The fourth-order valence-corrected chi connectivity index (χ4v) is 3.82. The lowest BCUT2D eigenvalue weighted by Crippen LogP contribution is -2.44. The quantitative estimate of drug-likeness (QED) is 0.497. The molecule has 2 aromatic carbocycles. The zero-order valence-corrected chi connectivity index (χ0v) is 17.9. The fraction of sp³-hybridized carbons (Fsp3) is 0.105. The number of thioether (sulfide) groups is 1. The number of ether oxygens (including phenoxy) is 1. The third kappa shape index (κ3) is 4.54. The molecule has 6 nitrogen and oxygen atoms in total. The van der Waals surface area contributed by atoms with E-state index in [1.54, 1.807) is 42.5 Å². The summed E-state index contributed by atoms with van der Waals surface area (Å²) in [4.78, 5) is 25.4. The second-order valence-corrected chi connectivity index (χ2v) is 8.22. The molecule has 0 bridgehead atoms. The monoisotopic (exact) mass is 478 g/mol. The van der Waals surface area contributed by atoms with Crippen molar-refractivity contribution >= 4 is 62.1 Å². The Bertz CT molecular complexity index is 976. The second kappa shape index (κ2) is 8.76. The van der Waals surface area contributed by atoms with E-state index in [0.717, 1.165) is 21.2 Å². The number of phenolic OH excluding ortho intramolecular Hbond substituents is 1. The van der Waals surface area contributed by atoms with Gasteiger partial charge in [0.15, 0.2) is 15.8 Å². The molecule has 9 heteroatoms. The molecule has 3 rings (SSSR count). The van der Waals surface area contributed by atoms with Crippen LogP contribution in [0.15, 0.2) is 51.8 Å². The molecule has 2 aromatic rings. The maximum Gasteiger partial charge on any atom is 0.285 e. The first kappa shape index (κ1) is 20.4. The lowest BCUT2D eigenvalue weighted by Gasteiger charge is -2.15. The highest BCUT2D eigenvalue weighted by atomic mass is 79.9. The molecule has 28 heavy (non-hydrogen) atoms. The number of thiocarbonyl (C=S) groups is 1. The number of hydrazine groups is 1. The number of aromatic hydroxyl groups is 1. The minimum absolute atomic E-state index is 0.0216. The van der Waals surface area contributed by atoms with Gasteiger partial charge in [0.2, 0.25) is 0 Å². The first-order valence-electron chi connectivity index (χ1n) is 8.19. The number of benzene rings is 2. The van der Waals surface area contributed by atoms with Gasteiger partial charge in [0.1, 0.15) is 0 Å². The molecule has 1 aliphatic rings. The Morgan fingerprint density at radius 1 is 1.32 bits per heavy atom. The van der Waals surface area contributed by atoms with E-state index < -0.39 is 11.8 Å². The van der Waals surface area contributed by atoms with Gasteiger partial charge >= 0.3 is 0 Å². The maximum absolute atomic E-state index is 12.7. The van der Waals surface area contributed by atoms with E-state index >= 15 is 0 Å². The summed E-state index contributed by atoms with van der Waals surface area (Å²) in [6, 6.07) is 11.5. The summed E-state index contributed by atoms with van der Waals surface area (Å²) in [7, 11) is 0. The van der Waals surface area contributed by atoms with Crippen molar-refractivity contribution in [3.05, 3.63) is 63.0 Å². The molecular weight excluding hydrogens is 464 g/mol. The zero-order chi connectivity index (χ0) is 20.3. The van der Waals surface area contributed by atoms with Crippen LogP contribution in [-0.4, -0.2) is 32.9 Å². The second-order valence-electron chi connectivity index (χ2n) is 5.63. The van der Waals surface area contributed by atoms with Crippen molar-refractivity contribution in [1.82, 2.24) is 10.4 Å². The Kier molecular flexibility index (Phi) is 6.38. The molecular formula is C19H15BrN2O4S2. The van der Waals surface area contributed by atoms with E-state index in [-0.39, 0.29) is 10.1 Å². The number of hydrogen-bond acceptors (Lipinski definition) is 6. The molecule has 0 spiro atoms. The van der Waals surface area contributed by atoms with Gasteiger partial charge in [-0.2, -0.15) is 5.01 Å². The molecule has 2 N–H and O–H groups in total. The van der Waals surface area contributed by atoms with E-state index in [0.29, 0.717) is 28.4 Å². The Hall–Kier alpha value is -2.36. The molecule has 1 heterocycles. The van der Waals surface area contributed by atoms with Gasteiger partial charge in [0.05, 0.1) is 11.5 Å². The van der Waals surface area contributed by atoms with Crippen LogP contribution in [0.25, 0.3) is 6.08 Å². The van der Waals surface area contributed by atoms with Crippen molar-refractivity contribution in [2.75, 3.05) is 6.61 Å². The maximum atomic E-state index is 12.7. The van der Waals surface area contributed by atoms with Gasteiger partial charge in [-0.1, -0.05) is 33.8 Å². The van der Waals surface area contributed by atoms with Crippen LogP contribution in [0.5, 0.6) is 11.5 Å². The minimum atomic E-state index is -0.437. The number of hydrogen-bond donors (Lipinski definition) is 2. The summed E-state index contributed by atoms with van der Waals surface area (Å²) in [5.74, 6) is -0.511. The van der Waals surface area contributed by atoms with Gasteiger partial charge in [-0.3, -0.25) is 15.0 Å². The van der Waals surface area contributed by atoms with Crippen LogP contribution in [0, 0.1) is 0 Å². The highest BCUT2D eigenvalue weighted by Crippen LogP contribution is 2.33. The fourth-order valence-electron chi connectivity index (χ4n) is 2.37. The summed E-state index contributed by atoms with van der Waals surface area (Å²) >= 11 is 9.62. The van der Waals surface area contributed by atoms with Crippen LogP contribution in [0.4, 0.5) is 0 Å². The van der Waals surface area contributed by atoms with Gasteiger partial charge in [-0.05, 0) is 67.2 Å². The first-order valence-corrected chi connectivity index (χ1v) is 10.2. The van der Waals surface area contributed by atoms with Crippen LogP contribution in [0.3, 0.4) is 0 Å². The van der Waals surface area contributed by atoms with Crippen molar-refractivity contribution in [3.63, 3.8) is 0 Å². The van der Waals surface area contributed by atoms with Gasteiger partial charge in [0.25, 0.3) is 11.8 Å². The van der Waals surface area contributed by atoms with Crippen LogP contribution in [0.2, 0.25) is 0 Å². The number of amides is 2. The van der Waals surface area contributed by atoms with Crippen molar-refractivity contribution in [1.29, 1.82) is 0 Å². The molecule has 0 aromatic heterocycles. The Morgan fingerprint density at radius 2 is 2.04 bits per heavy atom. The minimum Gasteiger partial charge on any atom is -0.504 e. The molecule has 1 fully saturated rings. The predicted octanol–water partition coefficient (Wildman–Crippen LogP) is 4.10. The Morgan fingerprint density at radius 3 is 2.71 bits per heavy atom. The smallest absolute Gasteiger partial charge is 0.285 e. The molecule has 0 saturated carbocycles. The molecule has 144 valence electrons. The summed E-state index contributed by atoms with van der Waals surface area (Å²) in [5.41, 5.74) is 3.60. The van der Waals surface area contributed by atoms with Gasteiger partial charge < -0.3 is 9.84 Å². The largest absolute Gasteiger partial charge is 0.504 e. The van der Waals surface area contributed by atoms with Crippen LogP contribution in [0.1, 0.15) is 22.8 Å². The van der Waals surface area contributed by atoms with Crippen molar-refractivity contribution in [2.45, 2.75) is 6.92 Å². The lowest BCUT2D eigenvalue weighted by molar-refractivity contribution is -0.123. The number of carbonyl (C=O) groups excluding carboxylic acids is 2. The normalized spacial score (nSPS) is 15.2. The summed E-state index contributed by atoms with van der Waals surface area (Å²) in [6.45, 7) is 2.21. The van der Waals surface area contributed by atoms with Gasteiger partial charge in [0, 0.05) is 10.0 Å². The van der Waals surface area contributed by atoms with Crippen LogP contribution < -0.4 is 10.2 Å². The van der Waals surface area contributed by atoms with E-state index in [4.69, 9.17) is 17.0 Å². The van der Waals surface area contributed by atoms with Crippen LogP contribution in [-0.2, 0) is 4.79 Å². The standard InChI is InChI=1S/C19H15BrN2O4S2/c1-2-26-15-9-11(3-8-14(15)23)10-16-18(25)22(19(27)28-16)21-17(24)12-4-6-13(20)7-5-12/h3-10,23H,2H2,1H3,(H,21,24). The average Bonchev–Trinajstić information content (AvgIpc) is 2.92. The SMILES string of the molecule is CCOc1cc(C=C2SC(=S)N(NC(=O)c3ccc(Br)cc3)C2=O)ccc1O. The number of nitrogens with zero attached hydrogens (tertiary/aromatic N) is 1. The van der Waals surface area contributed by atoms with Crippen molar-refractivity contribution < 1.29 is 19.4 Å². The average molecular weight is 479 g/mol. The number of nitrogens with one attached hydrogen (secondary N) is 1. The third-order valence-corrected chi connectivity index (χ3v) is 5.53. The number of halogens is 1. The van der Waals surface area contributed by atoms with E-state index in [9.17, 15) is 14.7 Å². The predicted molar refractivity (Wildman–Crippen MR) is 116 cm³/mol. The van der Waals surface area contributed by atoms with Gasteiger partial charge in [-0.25, -0.2) is 0 Å². The van der Waals surface area contributed by atoms with Gasteiger partial charge in [-0.15, -0.1) is 0 Å². The Labute approximate surface area is 179 Å². The first-order chi connectivity index (χ1) is 13.4. The molecule has 0 radical (unpaired) electrons. The molecule has 0 atom stereocenters. The van der Waals surface area contributed by atoms with Crippen molar-refractivity contribution in [2.24, 2.45) is 0 Å². The summed E-state index contributed by atoms with van der Waals surface area (Å²) in [6.07, 6.45) is 1.63. The zero-order valence-electron chi connectivity index (χ0n) is 14.6. The van der Waals surface area contributed by atoms with E-state index in [2.05, 4.69) is 21.4 Å². The lowest BCUT2D eigenvalue weighted by atomic mass is 10.2. The molecule has 2 amide bonds. The summed E-state index contributed by atoms with van der Waals surface area (Å²) in [5, 5.41) is 10.8. The highest BCUT2D eigenvalue weighted by molar-refractivity contribution is 9.10. The molecule has 1 aliphatic heterocycles. The number of phenols is 1. The Balaban J connectivity index is 1.77. The summed E-state index contributed by atoms with van der Waals surface area (Å²) < 4.78 is 6.43. The molecule has 0 unspecified atom stereocenters. The molecule has 0 aliphatic carbocycles. The van der Waals surface area contributed by atoms with Crippen molar-refractivity contribution in [3.8, 4) is 11.5 Å². The number of rotatable bonds is 5. The topological polar surface area (TPSA) is 78.9 Å². The molecule has 1 saturated heterocycles. The van der Waals surface area contributed by atoms with E-state index in [1.165, 1.54) is 6.07 Å².